The van der Waals surface area contributed by atoms with Crippen LogP contribution in [0.15, 0.2) is 29.3 Å². The number of hydrogen-bond donors (Lipinski definition) is 1. The fourth-order valence-electron chi connectivity index (χ4n) is 1.49. The maximum Gasteiger partial charge on any atom is 0.161 e. The monoisotopic (exact) mass is 236 g/mol. The molecule has 2 rings (SSSR count). The molecule has 0 radical (unpaired) electrons. The summed E-state index contributed by atoms with van der Waals surface area (Å²) in [6, 6.07) is 8.37. The number of methoxy groups -OCH3 is 1. The van der Waals surface area contributed by atoms with Gasteiger partial charge in [0.15, 0.2) is 5.17 Å². The molecular weight excluding hydrogens is 220 g/mol. The number of hydrogen-bond acceptors (Lipinski definition) is 4. The van der Waals surface area contributed by atoms with E-state index in [2.05, 4.69) is 17.2 Å². The SMILES string of the molecule is CC[C@H]1CSC(Nc2ccc(OC)cc2)=N1. The number of rotatable bonds is 3. The lowest BCUT2D eigenvalue weighted by Crippen LogP contribution is -2.05. The number of anilines is 1. The molecule has 1 heterocycles. The van der Waals surface area contributed by atoms with Crippen molar-refractivity contribution in [3.05, 3.63) is 24.3 Å². The van der Waals surface area contributed by atoms with Crippen molar-refractivity contribution in [3.63, 3.8) is 0 Å². The van der Waals surface area contributed by atoms with Crippen molar-refractivity contribution < 1.29 is 4.74 Å². The largest absolute Gasteiger partial charge is 0.497 e. The zero-order valence-corrected chi connectivity index (χ0v) is 10.4. The van der Waals surface area contributed by atoms with Crippen LogP contribution in [0.5, 0.6) is 5.75 Å². The summed E-state index contributed by atoms with van der Waals surface area (Å²) < 4.78 is 5.11. The molecule has 1 aliphatic heterocycles. The second kappa shape index (κ2) is 5.25. The summed E-state index contributed by atoms with van der Waals surface area (Å²) in [6.07, 6.45) is 1.11. The second-order valence-electron chi connectivity index (χ2n) is 3.66. The van der Waals surface area contributed by atoms with Gasteiger partial charge in [-0.25, -0.2) is 0 Å². The van der Waals surface area contributed by atoms with Crippen LogP contribution in [0.1, 0.15) is 13.3 Å². The summed E-state index contributed by atoms with van der Waals surface area (Å²) in [5.74, 6) is 1.97. The van der Waals surface area contributed by atoms with Gasteiger partial charge in [-0.3, -0.25) is 4.99 Å². The van der Waals surface area contributed by atoms with E-state index in [1.165, 1.54) is 0 Å². The van der Waals surface area contributed by atoms with Crippen molar-refractivity contribution in [3.8, 4) is 5.75 Å². The minimum absolute atomic E-state index is 0.478. The van der Waals surface area contributed by atoms with E-state index in [1.54, 1.807) is 18.9 Å². The number of benzene rings is 1. The van der Waals surface area contributed by atoms with Gasteiger partial charge >= 0.3 is 0 Å². The summed E-state index contributed by atoms with van der Waals surface area (Å²) in [4.78, 5) is 4.58. The van der Waals surface area contributed by atoms with Crippen LogP contribution in [0.2, 0.25) is 0 Å². The van der Waals surface area contributed by atoms with Crippen LogP contribution in [0.3, 0.4) is 0 Å². The van der Waals surface area contributed by atoms with Crippen molar-refractivity contribution in [1.82, 2.24) is 0 Å². The predicted octanol–water partition coefficient (Wildman–Crippen LogP) is 2.99. The van der Waals surface area contributed by atoms with Crippen LogP contribution >= 0.6 is 11.8 Å². The molecule has 3 nitrogen and oxygen atoms in total. The van der Waals surface area contributed by atoms with Gasteiger partial charge in [-0.1, -0.05) is 18.7 Å². The Hall–Kier alpha value is -1.16. The van der Waals surface area contributed by atoms with E-state index in [0.717, 1.165) is 28.8 Å². The van der Waals surface area contributed by atoms with Crippen LogP contribution in [-0.4, -0.2) is 24.1 Å². The molecule has 0 unspecified atom stereocenters. The third kappa shape index (κ3) is 2.70. The molecule has 0 aliphatic carbocycles. The Bertz CT molecular complexity index is 375. The van der Waals surface area contributed by atoms with Gasteiger partial charge in [-0.2, -0.15) is 0 Å². The van der Waals surface area contributed by atoms with E-state index in [1.807, 2.05) is 24.3 Å². The zero-order chi connectivity index (χ0) is 11.4. The minimum atomic E-state index is 0.478. The molecule has 1 atom stereocenters. The lowest BCUT2D eigenvalue weighted by atomic mass is 10.3. The minimum Gasteiger partial charge on any atom is -0.497 e. The molecule has 1 aromatic carbocycles. The number of aliphatic imine (C=N–C) groups is 1. The molecule has 4 heteroatoms. The van der Waals surface area contributed by atoms with Gasteiger partial charge in [0.2, 0.25) is 0 Å². The van der Waals surface area contributed by atoms with Crippen LogP contribution in [0.25, 0.3) is 0 Å². The lowest BCUT2D eigenvalue weighted by molar-refractivity contribution is 0.415. The van der Waals surface area contributed by atoms with E-state index in [0.29, 0.717) is 6.04 Å². The normalized spacial score (nSPS) is 19.4. The molecule has 0 amide bonds. The molecule has 1 aromatic rings. The van der Waals surface area contributed by atoms with Crippen molar-refractivity contribution in [2.45, 2.75) is 19.4 Å². The highest BCUT2D eigenvalue weighted by molar-refractivity contribution is 8.14. The van der Waals surface area contributed by atoms with Crippen molar-refractivity contribution >= 4 is 22.6 Å². The summed E-state index contributed by atoms with van der Waals surface area (Å²) in [7, 11) is 1.67. The van der Waals surface area contributed by atoms with Crippen molar-refractivity contribution in [1.29, 1.82) is 0 Å². The quantitative estimate of drug-likeness (QED) is 0.876. The van der Waals surface area contributed by atoms with Gasteiger partial charge in [0, 0.05) is 11.4 Å². The van der Waals surface area contributed by atoms with E-state index >= 15 is 0 Å². The summed E-state index contributed by atoms with van der Waals surface area (Å²) >= 11 is 1.79. The topological polar surface area (TPSA) is 33.6 Å². The summed E-state index contributed by atoms with van der Waals surface area (Å²) in [5.41, 5.74) is 1.06. The molecular formula is C12H16N2OS. The average Bonchev–Trinajstić information content (AvgIpc) is 2.78. The average molecular weight is 236 g/mol. The van der Waals surface area contributed by atoms with E-state index in [9.17, 15) is 0 Å². The molecule has 0 saturated carbocycles. The Labute approximate surface area is 100 Å². The first kappa shape index (κ1) is 11.3. The molecule has 0 spiro atoms. The van der Waals surface area contributed by atoms with Gasteiger partial charge in [-0.05, 0) is 30.7 Å². The predicted molar refractivity (Wildman–Crippen MR) is 70.6 cm³/mol. The highest BCUT2D eigenvalue weighted by atomic mass is 32.2. The van der Waals surface area contributed by atoms with E-state index in [4.69, 9.17) is 4.74 Å². The van der Waals surface area contributed by atoms with Crippen LogP contribution in [0, 0.1) is 0 Å². The molecule has 0 bridgehead atoms. The first-order valence-electron chi connectivity index (χ1n) is 5.43. The molecule has 0 fully saturated rings. The number of ether oxygens (including phenoxy) is 1. The van der Waals surface area contributed by atoms with Gasteiger partial charge in [0.05, 0.1) is 13.2 Å². The smallest absolute Gasteiger partial charge is 0.161 e. The first-order valence-corrected chi connectivity index (χ1v) is 6.42. The molecule has 1 N–H and O–H groups in total. The molecule has 0 saturated heterocycles. The fraction of sp³-hybridized carbons (Fsp3) is 0.417. The summed E-state index contributed by atoms with van der Waals surface area (Å²) in [5, 5.41) is 4.34. The lowest BCUT2D eigenvalue weighted by Gasteiger charge is -2.05. The number of thioether (sulfide) groups is 1. The highest BCUT2D eigenvalue weighted by Gasteiger charge is 2.16. The van der Waals surface area contributed by atoms with E-state index < -0.39 is 0 Å². The number of nitrogens with zero attached hydrogens (tertiary/aromatic N) is 1. The van der Waals surface area contributed by atoms with Gasteiger partial charge in [0.1, 0.15) is 5.75 Å². The van der Waals surface area contributed by atoms with Crippen LogP contribution < -0.4 is 10.1 Å². The Balaban J connectivity index is 1.99. The third-order valence-electron chi connectivity index (χ3n) is 2.52. The first-order chi connectivity index (χ1) is 7.81. The number of amidine groups is 1. The molecule has 0 aromatic heterocycles. The standard InChI is InChI=1S/C12H16N2OS/c1-3-9-8-16-12(13-9)14-10-4-6-11(15-2)7-5-10/h4-7,9H,3,8H2,1-2H3,(H,13,14)/t9-/m0/s1. The van der Waals surface area contributed by atoms with E-state index in [-0.39, 0.29) is 0 Å². The summed E-state index contributed by atoms with van der Waals surface area (Å²) in [6.45, 7) is 2.17. The second-order valence-corrected chi connectivity index (χ2v) is 4.67. The van der Waals surface area contributed by atoms with Crippen LogP contribution in [0.4, 0.5) is 5.69 Å². The maximum atomic E-state index is 5.11. The van der Waals surface area contributed by atoms with Gasteiger partial charge in [0.25, 0.3) is 0 Å². The molecule has 86 valence electrons. The number of nitrogens with one attached hydrogen (secondary N) is 1. The molecule has 16 heavy (non-hydrogen) atoms. The zero-order valence-electron chi connectivity index (χ0n) is 9.56. The Morgan fingerprint density at radius 3 is 2.75 bits per heavy atom. The Morgan fingerprint density at radius 1 is 1.44 bits per heavy atom. The van der Waals surface area contributed by atoms with Gasteiger partial charge in [-0.15, -0.1) is 0 Å². The van der Waals surface area contributed by atoms with Crippen molar-refractivity contribution in [2.24, 2.45) is 4.99 Å². The maximum absolute atomic E-state index is 5.11. The molecule has 1 aliphatic rings. The fourth-order valence-corrected chi connectivity index (χ4v) is 2.56. The Morgan fingerprint density at radius 2 is 2.19 bits per heavy atom. The highest BCUT2D eigenvalue weighted by Crippen LogP contribution is 2.22. The van der Waals surface area contributed by atoms with Crippen molar-refractivity contribution in [2.75, 3.05) is 18.2 Å². The Kier molecular flexibility index (Phi) is 3.72. The van der Waals surface area contributed by atoms with Crippen LogP contribution in [-0.2, 0) is 0 Å². The van der Waals surface area contributed by atoms with Gasteiger partial charge < -0.3 is 10.1 Å². The third-order valence-corrected chi connectivity index (χ3v) is 3.56.